The van der Waals surface area contributed by atoms with E-state index in [1.54, 1.807) is 13.2 Å². The van der Waals surface area contributed by atoms with Gasteiger partial charge in [-0.2, -0.15) is 0 Å². The summed E-state index contributed by atoms with van der Waals surface area (Å²) in [5.74, 6) is 0.724. The van der Waals surface area contributed by atoms with Crippen molar-refractivity contribution < 1.29 is 9.47 Å². The average molecular weight is 320 g/mol. The second-order valence-electron chi connectivity index (χ2n) is 4.76. The van der Waals surface area contributed by atoms with Crippen LogP contribution in [0.15, 0.2) is 12.1 Å². The molecule has 3 nitrogen and oxygen atoms in total. The van der Waals surface area contributed by atoms with Gasteiger partial charge in [-0.1, -0.05) is 36.5 Å². The Kier molecular flexibility index (Phi) is 8.31. The predicted molar refractivity (Wildman–Crippen MR) is 85.0 cm³/mol. The summed E-state index contributed by atoms with van der Waals surface area (Å²) in [6.07, 6.45) is 2.21. The topological polar surface area (TPSA) is 30.5 Å². The van der Waals surface area contributed by atoms with Crippen molar-refractivity contribution in [2.75, 3.05) is 20.3 Å². The molecule has 114 valence electrons. The van der Waals surface area contributed by atoms with Gasteiger partial charge in [0.2, 0.25) is 0 Å². The number of ether oxygens (including phenoxy) is 2. The van der Waals surface area contributed by atoms with Gasteiger partial charge in [0.15, 0.2) is 0 Å². The maximum absolute atomic E-state index is 6.26. The first-order chi connectivity index (χ1) is 9.58. The number of nitrogens with one attached hydrogen (secondary N) is 1. The van der Waals surface area contributed by atoms with E-state index >= 15 is 0 Å². The zero-order chi connectivity index (χ0) is 15.0. The molecule has 0 saturated heterocycles. The largest absolute Gasteiger partial charge is 0.489 e. The molecule has 0 aliphatic rings. The Morgan fingerprint density at radius 3 is 2.70 bits per heavy atom. The molecule has 1 unspecified atom stereocenters. The lowest BCUT2D eigenvalue weighted by atomic mass is 10.2. The third kappa shape index (κ3) is 5.88. The Hall–Kier alpha value is -0.480. The molecule has 5 heteroatoms. The molecular weight excluding hydrogens is 297 g/mol. The van der Waals surface area contributed by atoms with Crippen molar-refractivity contribution in [3.8, 4) is 5.75 Å². The van der Waals surface area contributed by atoms with E-state index in [4.69, 9.17) is 32.7 Å². The second-order valence-corrected chi connectivity index (χ2v) is 5.61. The molecule has 0 fully saturated rings. The van der Waals surface area contributed by atoms with Crippen molar-refractivity contribution in [1.82, 2.24) is 5.32 Å². The summed E-state index contributed by atoms with van der Waals surface area (Å²) in [5.41, 5.74) is 0.974. The lowest BCUT2D eigenvalue weighted by Crippen LogP contribution is -2.20. The van der Waals surface area contributed by atoms with Crippen LogP contribution in [0, 0.1) is 0 Å². The Bertz CT molecular complexity index is 413. The van der Waals surface area contributed by atoms with Crippen LogP contribution >= 0.6 is 23.2 Å². The van der Waals surface area contributed by atoms with Gasteiger partial charge < -0.3 is 14.8 Å². The Balaban J connectivity index is 2.78. The summed E-state index contributed by atoms with van der Waals surface area (Å²) in [6.45, 7) is 6.27. The zero-order valence-corrected chi connectivity index (χ0v) is 13.9. The summed E-state index contributed by atoms with van der Waals surface area (Å²) >= 11 is 12.3. The Morgan fingerprint density at radius 2 is 2.05 bits per heavy atom. The van der Waals surface area contributed by atoms with Crippen LogP contribution in [0.3, 0.4) is 0 Å². The number of benzene rings is 1. The summed E-state index contributed by atoms with van der Waals surface area (Å²) < 4.78 is 11.0. The van der Waals surface area contributed by atoms with Gasteiger partial charge in [0, 0.05) is 30.8 Å². The number of halogens is 2. The smallest absolute Gasteiger partial charge is 0.142 e. The van der Waals surface area contributed by atoms with Gasteiger partial charge in [-0.05, 0) is 25.5 Å². The third-order valence-electron chi connectivity index (χ3n) is 2.90. The van der Waals surface area contributed by atoms with Crippen molar-refractivity contribution in [2.45, 2.75) is 39.3 Å². The van der Waals surface area contributed by atoms with E-state index in [0.717, 1.165) is 30.7 Å². The van der Waals surface area contributed by atoms with Crippen LogP contribution in [0.25, 0.3) is 0 Å². The van der Waals surface area contributed by atoms with E-state index in [0.29, 0.717) is 23.2 Å². The molecule has 0 heterocycles. The van der Waals surface area contributed by atoms with Crippen molar-refractivity contribution in [3.05, 3.63) is 27.7 Å². The van der Waals surface area contributed by atoms with Crippen molar-refractivity contribution in [2.24, 2.45) is 0 Å². The number of methoxy groups -OCH3 is 1. The summed E-state index contributed by atoms with van der Waals surface area (Å²) in [5, 5.41) is 4.46. The number of rotatable bonds is 9. The highest BCUT2D eigenvalue weighted by atomic mass is 35.5. The molecule has 1 aromatic rings. The monoisotopic (exact) mass is 319 g/mol. The minimum Gasteiger partial charge on any atom is -0.489 e. The van der Waals surface area contributed by atoms with Crippen LogP contribution in [0.1, 0.15) is 32.3 Å². The SMILES string of the molecule is CCCC(C)Oc1c(Cl)cc(Cl)cc1CNCCOC. The molecule has 0 saturated carbocycles. The Morgan fingerprint density at radius 1 is 1.30 bits per heavy atom. The normalized spacial score (nSPS) is 12.4. The van der Waals surface area contributed by atoms with Crippen LogP contribution in [0.5, 0.6) is 5.75 Å². The van der Waals surface area contributed by atoms with Gasteiger partial charge in [-0.25, -0.2) is 0 Å². The molecule has 20 heavy (non-hydrogen) atoms. The van der Waals surface area contributed by atoms with Gasteiger partial charge in [-0.15, -0.1) is 0 Å². The van der Waals surface area contributed by atoms with Gasteiger partial charge in [0.1, 0.15) is 5.75 Å². The van der Waals surface area contributed by atoms with Gasteiger partial charge >= 0.3 is 0 Å². The zero-order valence-electron chi connectivity index (χ0n) is 12.3. The van der Waals surface area contributed by atoms with E-state index in [2.05, 4.69) is 19.2 Å². The number of hydrogen-bond acceptors (Lipinski definition) is 3. The van der Waals surface area contributed by atoms with Crippen LogP contribution in [0.4, 0.5) is 0 Å². The van der Waals surface area contributed by atoms with E-state index in [-0.39, 0.29) is 6.10 Å². The van der Waals surface area contributed by atoms with E-state index in [9.17, 15) is 0 Å². The predicted octanol–water partition coefficient (Wildman–Crippen LogP) is 4.30. The fraction of sp³-hybridized carbons (Fsp3) is 0.600. The van der Waals surface area contributed by atoms with Crippen LogP contribution in [0.2, 0.25) is 10.0 Å². The highest BCUT2D eigenvalue weighted by Gasteiger charge is 2.13. The molecular formula is C15H23Cl2NO2. The minimum absolute atomic E-state index is 0.136. The first-order valence-corrected chi connectivity index (χ1v) is 7.68. The van der Waals surface area contributed by atoms with E-state index in [1.807, 2.05) is 6.07 Å². The molecule has 0 radical (unpaired) electrons. The summed E-state index contributed by atoms with van der Waals surface area (Å²) in [4.78, 5) is 0. The highest BCUT2D eigenvalue weighted by Crippen LogP contribution is 2.33. The van der Waals surface area contributed by atoms with E-state index < -0.39 is 0 Å². The molecule has 0 aromatic heterocycles. The molecule has 1 rings (SSSR count). The molecule has 1 N–H and O–H groups in total. The quantitative estimate of drug-likeness (QED) is 0.688. The highest BCUT2D eigenvalue weighted by molar-refractivity contribution is 6.35. The first-order valence-electron chi connectivity index (χ1n) is 6.92. The molecule has 0 spiro atoms. The maximum atomic E-state index is 6.26. The fourth-order valence-corrected chi connectivity index (χ4v) is 2.52. The molecule has 0 bridgehead atoms. The third-order valence-corrected chi connectivity index (χ3v) is 3.40. The van der Waals surface area contributed by atoms with Gasteiger partial charge in [-0.3, -0.25) is 0 Å². The average Bonchev–Trinajstić information content (AvgIpc) is 2.38. The molecule has 1 atom stereocenters. The van der Waals surface area contributed by atoms with Crippen LogP contribution in [-0.2, 0) is 11.3 Å². The molecule has 0 aliphatic heterocycles. The molecule has 1 aromatic carbocycles. The summed E-state index contributed by atoms with van der Waals surface area (Å²) in [7, 11) is 1.68. The van der Waals surface area contributed by atoms with Crippen molar-refractivity contribution in [1.29, 1.82) is 0 Å². The lowest BCUT2D eigenvalue weighted by molar-refractivity contribution is 0.197. The molecule has 0 aliphatic carbocycles. The number of hydrogen-bond donors (Lipinski definition) is 1. The minimum atomic E-state index is 0.136. The van der Waals surface area contributed by atoms with Crippen molar-refractivity contribution >= 4 is 23.2 Å². The lowest BCUT2D eigenvalue weighted by Gasteiger charge is -2.19. The standard InChI is InChI=1S/C15H23Cl2NO2/c1-4-5-11(2)20-15-12(10-18-6-7-19-3)8-13(16)9-14(15)17/h8-9,11,18H,4-7,10H2,1-3H3. The van der Waals surface area contributed by atoms with Crippen molar-refractivity contribution in [3.63, 3.8) is 0 Å². The van der Waals surface area contributed by atoms with Gasteiger partial charge in [0.05, 0.1) is 17.7 Å². The maximum Gasteiger partial charge on any atom is 0.142 e. The Labute approximate surface area is 131 Å². The second kappa shape index (κ2) is 9.46. The molecule has 0 amide bonds. The van der Waals surface area contributed by atoms with Gasteiger partial charge in [0.25, 0.3) is 0 Å². The van der Waals surface area contributed by atoms with Crippen LogP contribution in [-0.4, -0.2) is 26.4 Å². The first kappa shape index (κ1) is 17.6. The fourth-order valence-electron chi connectivity index (χ4n) is 1.94. The van der Waals surface area contributed by atoms with Crippen LogP contribution < -0.4 is 10.1 Å². The van der Waals surface area contributed by atoms with E-state index in [1.165, 1.54) is 0 Å². The summed E-state index contributed by atoms with van der Waals surface area (Å²) in [6, 6.07) is 3.61.